The Morgan fingerprint density at radius 3 is 1.86 bits per heavy atom. The van der Waals surface area contributed by atoms with Crippen molar-refractivity contribution in [3.05, 3.63) is 131 Å². The second kappa shape index (κ2) is 25.6. The lowest BCUT2D eigenvalue weighted by Gasteiger charge is -2.42. The van der Waals surface area contributed by atoms with Gasteiger partial charge in [0.25, 0.3) is 0 Å². The number of hydrogen-bond donors (Lipinski definition) is 0. The molecule has 19 nitrogen and oxygen atoms in total. The molecule has 2 aromatic heterocycles. The molecular weight excluding hydrogens is 1070 g/mol. The average Bonchev–Trinajstić information content (AvgIpc) is 4.13. The van der Waals surface area contributed by atoms with E-state index in [1.54, 1.807) is 26.9 Å². The fraction of sp³-hybridized carbons (Fsp3) is 0.439. The molecule has 0 bridgehead atoms. The summed E-state index contributed by atoms with van der Waals surface area (Å²) in [6.45, 7) is 17.0. The Balaban J connectivity index is 0.825. The van der Waals surface area contributed by atoms with Crippen LogP contribution in [0.5, 0.6) is 12.0 Å². The molecule has 0 spiro atoms. The molecule has 5 aliphatic rings. The normalized spacial score (nSPS) is 19.0. The maximum Gasteiger partial charge on any atom is 0.318 e. The van der Waals surface area contributed by atoms with Gasteiger partial charge in [0.05, 0.1) is 68.0 Å². The van der Waals surface area contributed by atoms with Crippen LogP contribution in [0.1, 0.15) is 78.2 Å². The second-order valence-corrected chi connectivity index (χ2v) is 23.2. The van der Waals surface area contributed by atoms with Gasteiger partial charge in [-0.25, -0.2) is 0 Å². The lowest BCUT2D eigenvalue weighted by Crippen LogP contribution is -2.55. The minimum atomic E-state index is -0.346. The van der Waals surface area contributed by atoms with Gasteiger partial charge >= 0.3 is 12.0 Å². The molecule has 0 saturated carbocycles. The predicted octanol–water partition coefficient (Wildman–Crippen LogP) is 7.84. The second-order valence-electron chi connectivity index (χ2n) is 23.2. The standard InChI is InChI=1S/C66H76N14O5/c1-7-13-60(83)80-34-32-78(40-50(80)22-27-68)64-53-24-30-76(42-55(53)70-66(72-64)85-43-51-19-12-28-73(51)5)57-37-46(36-48-18-10-15-45(4)62(48)57)38-74(6)59(82)25-35-84-65-69-54-41-75(56-20-11-17-47-16-9-14-44(3)61(47)56)29-23-52(54)63(71-65)77-31-33-79(58(81)8-2)49(39-77)21-26-67/h7-11,13-18,20,36-37,49-51H,2,12,19,21-25,28-35,38-43H2,1,3-6H3/b13-7+/t49-,50-,51-/m0/s1. The van der Waals surface area contributed by atoms with E-state index < -0.39 is 0 Å². The third kappa shape index (κ3) is 12.3. The van der Waals surface area contributed by atoms with Gasteiger partial charge in [0.2, 0.25) is 17.7 Å². The van der Waals surface area contributed by atoms with Crippen molar-refractivity contribution in [1.29, 1.82) is 10.5 Å². The van der Waals surface area contributed by atoms with Crippen LogP contribution < -0.4 is 29.1 Å². The Labute approximate surface area is 498 Å². The summed E-state index contributed by atoms with van der Waals surface area (Å²) in [5.74, 6) is 1.15. The number of nitrogens with zero attached hydrogens (tertiary/aromatic N) is 14. The first kappa shape index (κ1) is 58.0. The van der Waals surface area contributed by atoms with Crippen molar-refractivity contribution >= 4 is 62.3 Å². The number of benzene rings is 4. The molecule has 3 saturated heterocycles. The lowest BCUT2D eigenvalue weighted by atomic mass is 9.97. The number of anilines is 4. The number of amides is 3. The number of piperazine rings is 2. The van der Waals surface area contributed by atoms with Gasteiger partial charge in [0, 0.05) is 105 Å². The molecular formula is C66H76N14O5. The highest BCUT2D eigenvalue weighted by atomic mass is 16.5. The van der Waals surface area contributed by atoms with Gasteiger partial charge in [0.1, 0.15) is 24.8 Å². The zero-order chi connectivity index (χ0) is 59.3. The number of carbonyl (C=O) groups excluding carboxylic acids is 3. The van der Waals surface area contributed by atoms with E-state index in [1.165, 1.54) is 22.4 Å². The van der Waals surface area contributed by atoms with E-state index in [4.69, 9.17) is 29.4 Å². The van der Waals surface area contributed by atoms with Crippen LogP contribution in [0, 0.1) is 36.5 Å². The van der Waals surface area contributed by atoms with Crippen LogP contribution in [-0.2, 0) is 46.9 Å². The summed E-state index contributed by atoms with van der Waals surface area (Å²) < 4.78 is 12.9. The van der Waals surface area contributed by atoms with Crippen LogP contribution in [0.15, 0.2) is 91.5 Å². The first-order valence-corrected chi connectivity index (χ1v) is 29.9. The fourth-order valence-corrected chi connectivity index (χ4v) is 13.3. The number of carbonyl (C=O) groups is 3. The molecule has 7 heterocycles. The van der Waals surface area contributed by atoms with E-state index in [0.717, 1.165) is 93.4 Å². The summed E-state index contributed by atoms with van der Waals surface area (Å²) in [4.78, 5) is 77.4. The topological polar surface area (TPSA) is 195 Å². The molecule has 19 heteroatoms. The van der Waals surface area contributed by atoms with Gasteiger partial charge in [-0.3, -0.25) is 14.4 Å². The van der Waals surface area contributed by atoms with Gasteiger partial charge in [-0.15, -0.1) is 0 Å². The number of aryl methyl sites for hydroxylation is 2. The number of nitriles is 2. The van der Waals surface area contributed by atoms with Crippen LogP contribution in [0.3, 0.4) is 0 Å². The molecule has 11 rings (SSSR count). The van der Waals surface area contributed by atoms with Gasteiger partial charge in [0.15, 0.2) is 0 Å². The molecule has 0 radical (unpaired) electrons. The fourth-order valence-electron chi connectivity index (χ4n) is 13.3. The highest BCUT2D eigenvalue weighted by Crippen LogP contribution is 2.39. The largest absolute Gasteiger partial charge is 0.463 e. The summed E-state index contributed by atoms with van der Waals surface area (Å²) in [5.41, 5.74) is 9.31. The van der Waals surface area contributed by atoms with Crippen molar-refractivity contribution in [1.82, 2.24) is 39.5 Å². The molecule has 3 fully saturated rings. The Morgan fingerprint density at radius 2 is 1.27 bits per heavy atom. The number of allylic oxidation sites excluding steroid dienone is 1. The average molecular weight is 1150 g/mol. The smallest absolute Gasteiger partial charge is 0.318 e. The van der Waals surface area contributed by atoms with E-state index in [1.807, 2.05) is 14.0 Å². The molecule has 4 aromatic carbocycles. The highest BCUT2D eigenvalue weighted by Gasteiger charge is 2.36. The van der Waals surface area contributed by atoms with Crippen LogP contribution in [0.25, 0.3) is 21.5 Å². The van der Waals surface area contributed by atoms with Crippen molar-refractivity contribution in [3.8, 4) is 24.2 Å². The number of likely N-dealkylation sites (N-methyl/N-ethyl adjacent to an activating group) is 1. The molecule has 0 N–H and O–H groups in total. The highest BCUT2D eigenvalue weighted by molar-refractivity contribution is 5.98. The van der Waals surface area contributed by atoms with Crippen LogP contribution in [0.2, 0.25) is 0 Å². The summed E-state index contributed by atoms with van der Waals surface area (Å²) in [7, 11) is 3.95. The Kier molecular flexibility index (Phi) is 17.5. The van der Waals surface area contributed by atoms with Gasteiger partial charge in [-0.2, -0.15) is 30.5 Å². The monoisotopic (exact) mass is 1140 g/mol. The molecule has 3 amide bonds. The molecule has 5 aliphatic heterocycles. The Hall–Kier alpha value is -8.81. The molecule has 440 valence electrons. The van der Waals surface area contributed by atoms with E-state index in [-0.39, 0.29) is 67.7 Å². The summed E-state index contributed by atoms with van der Waals surface area (Å²) in [6, 6.07) is 28.2. The van der Waals surface area contributed by atoms with Crippen molar-refractivity contribution in [2.75, 3.05) is 106 Å². The minimum Gasteiger partial charge on any atom is -0.463 e. The van der Waals surface area contributed by atoms with E-state index in [9.17, 15) is 24.9 Å². The summed E-state index contributed by atoms with van der Waals surface area (Å²) >= 11 is 0. The Morgan fingerprint density at radius 1 is 0.694 bits per heavy atom. The van der Waals surface area contributed by atoms with Crippen LogP contribution in [0.4, 0.5) is 23.0 Å². The van der Waals surface area contributed by atoms with Crippen molar-refractivity contribution < 1.29 is 23.9 Å². The number of fused-ring (bicyclic) bond motifs is 4. The number of likely N-dealkylation sites (tertiary alicyclic amines) is 1. The SMILES string of the molecule is C=CC(=O)N1CCN(c2nc(OCCC(=O)N(C)Cc3cc(N4CCc5c(nc(OC[C@@H]6CCCN6C)nc5N5CCN(C(=O)/C=C/C)[C@@H](CC#N)C5)C4)c4c(C)cccc4c3)nc3c2CCN(c2cccc4cccc(C)c24)C3)C[C@@H]1CC#N. The first-order valence-electron chi connectivity index (χ1n) is 29.9. The van der Waals surface area contributed by atoms with Crippen LogP contribution in [-0.4, -0.2) is 162 Å². The minimum absolute atomic E-state index is 0.0531. The van der Waals surface area contributed by atoms with E-state index >= 15 is 0 Å². The number of ether oxygens (including phenoxy) is 2. The van der Waals surface area contributed by atoms with Crippen LogP contribution >= 0.6 is 0 Å². The quantitative estimate of drug-likeness (QED) is 0.0801. The van der Waals surface area contributed by atoms with E-state index in [2.05, 4.69) is 131 Å². The summed E-state index contributed by atoms with van der Waals surface area (Å²) in [6.07, 6.45) is 8.60. The molecule has 6 aromatic rings. The number of aromatic nitrogens is 4. The molecule has 0 aliphatic carbocycles. The number of rotatable bonds is 17. The molecule has 85 heavy (non-hydrogen) atoms. The van der Waals surface area contributed by atoms with E-state index in [0.29, 0.717) is 90.9 Å². The van der Waals surface area contributed by atoms with Gasteiger partial charge in [-0.1, -0.05) is 61.2 Å². The van der Waals surface area contributed by atoms with Gasteiger partial charge < -0.3 is 48.7 Å². The summed E-state index contributed by atoms with van der Waals surface area (Å²) in [5, 5.41) is 24.3. The molecule has 3 atom stereocenters. The predicted molar refractivity (Wildman–Crippen MR) is 330 cm³/mol. The van der Waals surface area contributed by atoms with Crippen molar-refractivity contribution in [3.63, 3.8) is 0 Å². The zero-order valence-corrected chi connectivity index (χ0v) is 49.7. The third-order valence-corrected chi connectivity index (χ3v) is 17.8. The van der Waals surface area contributed by atoms with Crippen molar-refractivity contribution in [2.24, 2.45) is 0 Å². The Bertz CT molecular complexity index is 3640. The third-order valence-electron chi connectivity index (χ3n) is 17.8. The van der Waals surface area contributed by atoms with Crippen molar-refractivity contribution in [2.45, 2.75) is 103 Å². The maximum absolute atomic E-state index is 14.2. The lowest BCUT2D eigenvalue weighted by molar-refractivity contribution is -0.131. The first-order chi connectivity index (χ1) is 41.3. The molecule has 0 unspecified atom stereocenters. The maximum atomic E-state index is 14.2. The zero-order valence-electron chi connectivity index (χ0n) is 49.7. The number of hydrogen-bond acceptors (Lipinski definition) is 16. The van der Waals surface area contributed by atoms with Gasteiger partial charge in [-0.05, 0) is 118 Å².